The van der Waals surface area contributed by atoms with Crippen molar-refractivity contribution in [3.8, 4) is 17.2 Å². The van der Waals surface area contributed by atoms with E-state index in [-0.39, 0.29) is 36.0 Å². The number of amides is 1. The molecule has 0 aliphatic carbocycles. The molecule has 2 aromatic rings. The van der Waals surface area contributed by atoms with E-state index in [0.29, 0.717) is 16.9 Å². The number of hydrogen-bond donors (Lipinski definition) is 2. The maximum atomic E-state index is 12.9. The minimum Gasteiger partial charge on any atom is -0.507 e. The van der Waals surface area contributed by atoms with Crippen LogP contribution in [0.3, 0.4) is 0 Å². The Labute approximate surface area is 173 Å². The lowest BCUT2D eigenvalue weighted by atomic mass is 9.95. The van der Waals surface area contributed by atoms with Crippen molar-refractivity contribution < 1.29 is 34.0 Å². The van der Waals surface area contributed by atoms with E-state index in [9.17, 15) is 19.8 Å². The molecule has 0 radical (unpaired) electrons. The van der Waals surface area contributed by atoms with Gasteiger partial charge in [-0.15, -0.1) is 0 Å². The highest BCUT2D eigenvalue weighted by Gasteiger charge is 2.46. The van der Waals surface area contributed by atoms with E-state index < -0.39 is 17.7 Å². The number of aliphatic hydroxyl groups is 1. The molecule has 2 N–H and O–H groups in total. The fraction of sp³-hybridized carbons (Fsp3) is 0.273. The first kappa shape index (κ1) is 21.2. The van der Waals surface area contributed by atoms with Crippen LogP contribution in [0.2, 0.25) is 0 Å². The summed E-state index contributed by atoms with van der Waals surface area (Å²) in [6.07, 6.45) is 0. The topological polar surface area (TPSA) is 106 Å². The van der Waals surface area contributed by atoms with Gasteiger partial charge in [0.25, 0.3) is 11.7 Å². The third kappa shape index (κ3) is 3.81. The largest absolute Gasteiger partial charge is 0.507 e. The van der Waals surface area contributed by atoms with Crippen LogP contribution in [0, 0.1) is 0 Å². The van der Waals surface area contributed by atoms with Crippen LogP contribution in [-0.4, -0.2) is 61.3 Å². The van der Waals surface area contributed by atoms with Crippen LogP contribution in [0.5, 0.6) is 17.2 Å². The minimum atomic E-state index is -0.864. The maximum Gasteiger partial charge on any atom is 0.295 e. The van der Waals surface area contributed by atoms with Crippen LogP contribution < -0.4 is 9.47 Å². The molecule has 1 atom stereocenters. The van der Waals surface area contributed by atoms with Crippen LogP contribution in [0.4, 0.5) is 0 Å². The summed E-state index contributed by atoms with van der Waals surface area (Å²) in [5.41, 5.74) is 0.834. The van der Waals surface area contributed by atoms with Crippen LogP contribution >= 0.6 is 0 Å². The second-order valence-electron chi connectivity index (χ2n) is 6.65. The zero-order chi connectivity index (χ0) is 21.8. The summed E-state index contributed by atoms with van der Waals surface area (Å²) in [4.78, 5) is 26.9. The molecule has 8 nitrogen and oxygen atoms in total. The molecule has 0 spiro atoms. The maximum absolute atomic E-state index is 12.9. The van der Waals surface area contributed by atoms with E-state index in [0.717, 1.165) is 0 Å². The number of aromatic hydroxyl groups is 1. The van der Waals surface area contributed by atoms with Crippen molar-refractivity contribution in [3.63, 3.8) is 0 Å². The number of ketones is 1. The van der Waals surface area contributed by atoms with Gasteiger partial charge in [0.2, 0.25) is 0 Å². The molecule has 1 fully saturated rings. The fourth-order valence-corrected chi connectivity index (χ4v) is 3.42. The van der Waals surface area contributed by atoms with E-state index >= 15 is 0 Å². The standard InChI is InChI=1S/C22H23NO7/c1-28-11-10-23-19(14-6-9-16(24)17(12-14)30-3)18(21(26)22(23)27)20(25)13-4-7-15(29-2)8-5-13/h4-9,12,19,24-25H,10-11H2,1-3H3/b20-18-. The number of phenolic OH excluding ortho intramolecular Hbond substituents is 1. The van der Waals surface area contributed by atoms with Crippen LogP contribution in [0.1, 0.15) is 17.2 Å². The highest BCUT2D eigenvalue weighted by atomic mass is 16.5. The van der Waals surface area contributed by atoms with Crippen molar-refractivity contribution in [3.05, 3.63) is 59.2 Å². The summed E-state index contributed by atoms with van der Waals surface area (Å²) < 4.78 is 15.4. The molecule has 2 aromatic carbocycles. The third-order valence-electron chi connectivity index (χ3n) is 4.96. The zero-order valence-electron chi connectivity index (χ0n) is 16.9. The number of rotatable bonds is 7. The predicted octanol–water partition coefficient (Wildman–Crippen LogP) is 2.48. The molecular formula is C22H23NO7. The van der Waals surface area contributed by atoms with Gasteiger partial charge < -0.3 is 29.3 Å². The van der Waals surface area contributed by atoms with Crippen molar-refractivity contribution in [2.45, 2.75) is 6.04 Å². The Hall–Kier alpha value is -3.52. The zero-order valence-corrected chi connectivity index (χ0v) is 16.9. The summed E-state index contributed by atoms with van der Waals surface area (Å²) in [7, 11) is 4.42. The quantitative estimate of drug-likeness (QED) is 0.408. The summed E-state index contributed by atoms with van der Waals surface area (Å²) >= 11 is 0. The molecule has 0 bridgehead atoms. The Morgan fingerprint density at radius 1 is 1.03 bits per heavy atom. The molecule has 1 aliphatic rings. The smallest absolute Gasteiger partial charge is 0.295 e. The number of benzene rings is 2. The van der Waals surface area contributed by atoms with Crippen molar-refractivity contribution in [1.82, 2.24) is 4.90 Å². The molecular weight excluding hydrogens is 390 g/mol. The number of hydrogen-bond acceptors (Lipinski definition) is 7. The molecule has 158 valence electrons. The summed E-state index contributed by atoms with van der Waals surface area (Å²) in [6.45, 7) is 0.357. The number of carbonyl (C=O) groups excluding carboxylic acids is 2. The van der Waals surface area contributed by atoms with E-state index in [1.54, 1.807) is 30.3 Å². The molecule has 1 amide bonds. The van der Waals surface area contributed by atoms with Crippen LogP contribution in [0.25, 0.3) is 5.76 Å². The fourth-order valence-electron chi connectivity index (χ4n) is 3.42. The molecule has 1 heterocycles. The van der Waals surface area contributed by atoms with E-state index in [4.69, 9.17) is 14.2 Å². The van der Waals surface area contributed by atoms with Gasteiger partial charge in [0.05, 0.1) is 32.4 Å². The number of ether oxygens (including phenoxy) is 3. The highest BCUT2D eigenvalue weighted by Crippen LogP contribution is 2.41. The van der Waals surface area contributed by atoms with Gasteiger partial charge in [-0.2, -0.15) is 0 Å². The number of phenols is 1. The highest BCUT2D eigenvalue weighted by molar-refractivity contribution is 6.46. The summed E-state index contributed by atoms with van der Waals surface area (Å²) in [5.74, 6) is -1.13. The first-order chi connectivity index (χ1) is 14.4. The molecule has 1 aliphatic heterocycles. The lowest BCUT2D eigenvalue weighted by Gasteiger charge is -2.25. The van der Waals surface area contributed by atoms with Gasteiger partial charge in [-0.3, -0.25) is 9.59 Å². The Kier molecular flexibility index (Phi) is 6.27. The van der Waals surface area contributed by atoms with E-state index in [1.165, 1.54) is 38.4 Å². The second kappa shape index (κ2) is 8.87. The Morgan fingerprint density at radius 3 is 2.33 bits per heavy atom. The van der Waals surface area contributed by atoms with Crippen LogP contribution in [-0.2, 0) is 14.3 Å². The monoisotopic (exact) mass is 413 g/mol. The SMILES string of the molecule is COCCN1C(=O)C(=O)/C(=C(\O)c2ccc(OC)cc2)C1c1ccc(O)c(OC)c1. The van der Waals surface area contributed by atoms with Crippen molar-refractivity contribution in [2.24, 2.45) is 0 Å². The summed E-state index contributed by atoms with van der Waals surface area (Å²) in [5, 5.41) is 20.9. The van der Waals surface area contributed by atoms with Gasteiger partial charge in [-0.05, 0) is 42.0 Å². The molecule has 0 saturated carbocycles. The average Bonchev–Trinajstić information content (AvgIpc) is 3.02. The van der Waals surface area contributed by atoms with Crippen LogP contribution in [0.15, 0.2) is 48.0 Å². The number of Topliss-reactive ketones (excluding diaryl/α,β-unsaturated/α-hetero) is 1. The number of nitrogens with zero attached hydrogens (tertiary/aromatic N) is 1. The van der Waals surface area contributed by atoms with E-state index in [2.05, 4.69) is 0 Å². The number of methoxy groups -OCH3 is 3. The lowest BCUT2D eigenvalue weighted by Crippen LogP contribution is -2.32. The number of aliphatic hydroxyl groups excluding tert-OH is 1. The molecule has 1 unspecified atom stereocenters. The van der Waals surface area contributed by atoms with Gasteiger partial charge in [0, 0.05) is 19.2 Å². The molecule has 8 heteroatoms. The minimum absolute atomic E-state index is 0.0472. The van der Waals surface area contributed by atoms with Gasteiger partial charge in [0.15, 0.2) is 11.5 Å². The second-order valence-corrected chi connectivity index (χ2v) is 6.65. The molecule has 1 saturated heterocycles. The predicted molar refractivity (Wildman–Crippen MR) is 109 cm³/mol. The van der Waals surface area contributed by atoms with Crippen molar-refractivity contribution in [1.29, 1.82) is 0 Å². The van der Waals surface area contributed by atoms with Gasteiger partial charge in [0.1, 0.15) is 11.5 Å². The van der Waals surface area contributed by atoms with Gasteiger partial charge >= 0.3 is 0 Å². The number of likely N-dealkylation sites (tertiary alicyclic amines) is 1. The molecule has 30 heavy (non-hydrogen) atoms. The molecule has 3 rings (SSSR count). The van der Waals surface area contributed by atoms with E-state index in [1.807, 2.05) is 0 Å². The van der Waals surface area contributed by atoms with Gasteiger partial charge in [-0.25, -0.2) is 0 Å². The normalized spacial score (nSPS) is 18.0. The van der Waals surface area contributed by atoms with Crippen molar-refractivity contribution in [2.75, 3.05) is 34.5 Å². The lowest BCUT2D eigenvalue weighted by molar-refractivity contribution is -0.140. The number of carbonyl (C=O) groups is 2. The van der Waals surface area contributed by atoms with Gasteiger partial charge in [-0.1, -0.05) is 6.07 Å². The average molecular weight is 413 g/mol. The Bertz CT molecular complexity index is 981. The Balaban J connectivity index is 2.16. The third-order valence-corrected chi connectivity index (χ3v) is 4.96. The van der Waals surface area contributed by atoms with Crippen molar-refractivity contribution >= 4 is 17.4 Å². The Morgan fingerprint density at radius 2 is 1.73 bits per heavy atom. The molecule has 0 aromatic heterocycles. The summed E-state index contributed by atoms with van der Waals surface area (Å²) in [6, 6.07) is 10.2. The first-order valence-electron chi connectivity index (χ1n) is 9.21. The first-order valence-corrected chi connectivity index (χ1v) is 9.21.